The number of aryl methyl sites for hydroxylation is 1. The molecule has 0 atom stereocenters. The van der Waals surface area contributed by atoms with Crippen LogP contribution in [-0.4, -0.2) is 28.6 Å². The lowest BCUT2D eigenvalue weighted by molar-refractivity contribution is -0.122. The van der Waals surface area contributed by atoms with Crippen molar-refractivity contribution >= 4 is 64.1 Å². The van der Waals surface area contributed by atoms with Gasteiger partial charge in [-0.15, -0.1) is 0 Å². The third-order valence-corrected chi connectivity index (χ3v) is 7.57. The maximum Gasteiger partial charge on any atom is 0.270 e. The molecule has 5 rings (SSSR count). The molecule has 0 saturated carbocycles. The van der Waals surface area contributed by atoms with E-state index in [-0.39, 0.29) is 10.7 Å². The second-order valence-corrected chi connectivity index (χ2v) is 10.5. The minimum Gasteiger partial charge on any atom is -0.495 e. The van der Waals surface area contributed by atoms with Gasteiger partial charge in [-0.2, -0.15) is 0 Å². The molecule has 4 aromatic rings. The molecule has 1 aliphatic heterocycles. The number of nitrogens with zero attached hydrogens (tertiary/aromatic N) is 2. The van der Waals surface area contributed by atoms with Crippen molar-refractivity contribution in [1.29, 1.82) is 0 Å². The summed E-state index contributed by atoms with van der Waals surface area (Å²) in [5, 5.41) is 3.74. The number of nitrogens with one attached hydrogen (secondary N) is 1. The molecule has 0 unspecified atom stereocenters. The van der Waals surface area contributed by atoms with E-state index in [4.69, 9.17) is 44.9 Å². The van der Waals surface area contributed by atoms with Gasteiger partial charge in [-0.3, -0.25) is 14.9 Å². The van der Waals surface area contributed by atoms with E-state index in [0.717, 1.165) is 28.2 Å². The first-order valence-corrected chi connectivity index (χ1v) is 13.7. The molecule has 0 aliphatic carbocycles. The monoisotopic (exact) mass is 605 g/mol. The highest BCUT2D eigenvalue weighted by molar-refractivity contribution is 7.80. The van der Waals surface area contributed by atoms with Crippen molar-refractivity contribution in [2.45, 2.75) is 20.5 Å². The van der Waals surface area contributed by atoms with Crippen molar-refractivity contribution in [3.63, 3.8) is 0 Å². The average molecular weight is 607 g/mol. The summed E-state index contributed by atoms with van der Waals surface area (Å²) >= 11 is 17.6. The average Bonchev–Trinajstić information content (AvgIpc) is 3.23. The summed E-state index contributed by atoms with van der Waals surface area (Å²) in [5.74, 6) is 0.0515. The van der Waals surface area contributed by atoms with Crippen molar-refractivity contribution in [3.05, 3.63) is 111 Å². The van der Waals surface area contributed by atoms with Crippen LogP contribution in [0.5, 0.6) is 11.5 Å². The van der Waals surface area contributed by atoms with Gasteiger partial charge in [-0.05, 0) is 92.3 Å². The molecule has 0 spiro atoms. The summed E-state index contributed by atoms with van der Waals surface area (Å²) < 4.78 is 13.4. The molecule has 0 radical (unpaired) electrons. The van der Waals surface area contributed by atoms with E-state index in [1.54, 1.807) is 42.5 Å². The fourth-order valence-corrected chi connectivity index (χ4v) is 5.41. The zero-order valence-corrected chi connectivity index (χ0v) is 24.7. The Morgan fingerprint density at radius 2 is 1.71 bits per heavy atom. The van der Waals surface area contributed by atoms with E-state index in [1.807, 2.05) is 54.8 Å². The lowest BCUT2D eigenvalue weighted by atomic mass is 10.1. The molecule has 7 nitrogen and oxygen atoms in total. The number of thiocarbonyl (C=S) groups is 1. The van der Waals surface area contributed by atoms with Crippen LogP contribution >= 0.6 is 35.4 Å². The van der Waals surface area contributed by atoms with Crippen LogP contribution in [0.3, 0.4) is 0 Å². The van der Waals surface area contributed by atoms with Gasteiger partial charge in [0.25, 0.3) is 11.8 Å². The Morgan fingerprint density at radius 3 is 2.41 bits per heavy atom. The van der Waals surface area contributed by atoms with Crippen LogP contribution in [0.2, 0.25) is 10.0 Å². The number of halogens is 2. The van der Waals surface area contributed by atoms with Gasteiger partial charge in [0, 0.05) is 32.7 Å². The Labute approximate surface area is 252 Å². The molecular formula is C31H25Cl2N3O4S. The first-order valence-electron chi connectivity index (χ1n) is 12.6. The lowest BCUT2D eigenvalue weighted by Gasteiger charge is -2.29. The van der Waals surface area contributed by atoms with Gasteiger partial charge in [-0.25, -0.2) is 4.90 Å². The number of hydrogen-bond acceptors (Lipinski definition) is 5. The van der Waals surface area contributed by atoms with Gasteiger partial charge < -0.3 is 14.0 Å². The number of benzene rings is 3. The van der Waals surface area contributed by atoms with E-state index in [2.05, 4.69) is 5.32 Å². The number of amides is 2. The molecule has 1 N–H and O–H groups in total. The lowest BCUT2D eigenvalue weighted by Crippen LogP contribution is -2.54. The van der Waals surface area contributed by atoms with Crippen molar-refractivity contribution in [1.82, 2.24) is 9.88 Å². The summed E-state index contributed by atoms with van der Waals surface area (Å²) in [6, 6.07) is 21.8. The van der Waals surface area contributed by atoms with Gasteiger partial charge in [0.05, 0.1) is 12.8 Å². The number of aromatic nitrogens is 1. The number of anilines is 1. The van der Waals surface area contributed by atoms with E-state index in [0.29, 0.717) is 33.8 Å². The molecule has 208 valence electrons. The van der Waals surface area contributed by atoms with Crippen LogP contribution in [0.25, 0.3) is 11.8 Å². The quantitative estimate of drug-likeness (QED) is 0.142. The SMILES string of the molecule is COc1ccccc1N1C(=O)/C(=C/c2cc(C)n(-c3ccc(OCc4ccc(Cl)cc4Cl)cc3)c2C)C(=O)NC1=S. The number of hydrogen-bond donors (Lipinski definition) is 1. The second kappa shape index (κ2) is 11.8. The van der Waals surface area contributed by atoms with Crippen LogP contribution in [-0.2, 0) is 16.2 Å². The molecule has 2 amide bonds. The highest BCUT2D eigenvalue weighted by atomic mass is 35.5. The fourth-order valence-electron chi connectivity index (χ4n) is 4.67. The Balaban J connectivity index is 1.40. The Bertz CT molecular complexity index is 1710. The molecule has 41 heavy (non-hydrogen) atoms. The van der Waals surface area contributed by atoms with Crippen molar-refractivity contribution < 1.29 is 19.1 Å². The Kier molecular flexibility index (Phi) is 8.17. The van der Waals surface area contributed by atoms with E-state index < -0.39 is 11.8 Å². The molecule has 2 heterocycles. The van der Waals surface area contributed by atoms with Gasteiger partial charge in [-0.1, -0.05) is 41.4 Å². The molecule has 1 saturated heterocycles. The predicted octanol–water partition coefficient (Wildman–Crippen LogP) is 6.82. The largest absolute Gasteiger partial charge is 0.495 e. The number of carbonyl (C=O) groups excluding carboxylic acids is 2. The molecule has 1 aromatic heterocycles. The van der Waals surface area contributed by atoms with Crippen molar-refractivity contribution in [3.8, 4) is 17.2 Å². The number of para-hydroxylation sites is 2. The molecule has 3 aromatic carbocycles. The summed E-state index contributed by atoms with van der Waals surface area (Å²) in [4.78, 5) is 27.7. The van der Waals surface area contributed by atoms with Crippen LogP contribution in [0.1, 0.15) is 22.5 Å². The maximum absolute atomic E-state index is 13.5. The highest BCUT2D eigenvalue weighted by Gasteiger charge is 2.36. The minimum absolute atomic E-state index is 0.00670. The Morgan fingerprint density at radius 1 is 0.976 bits per heavy atom. The van der Waals surface area contributed by atoms with Crippen LogP contribution < -0.4 is 19.7 Å². The summed E-state index contributed by atoms with van der Waals surface area (Å²) in [6.07, 6.45) is 1.59. The third kappa shape index (κ3) is 5.72. The summed E-state index contributed by atoms with van der Waals surface area (Å²) in [7, 11) is 1.51. The van der Waals surface area contributed by atoms with Crippen LogP contribution in [0.15, 0.2) is 78.4 Å². The van der Waals surface area contributed by atoms with E-state index in [9.17, 15) is 9.59 Å². The Hall–Kier alpha value is -4.11. The number of carbonyl (C=O) groups is 2. The zero-order chi connectivity index (χ0) is 29.3. The smallest absolute Gasteiger partial charge is 0.270 e. The maximum atomic E-state index is 13.5. The fraction of sp³-hybridized carbons (Fsp3) is 0.129. The van der Waals surface area contributed by atoms with Crippen molar-refractivity contribution in [2.24, 2.45) is 0 Å². The number of methoxy groups -OCH3 is 1. The van der Waals surface area contributed by atoms with Gasteiger partial charge >= 0.3 is 0 Å². The third-order valence-electron chi connectivity index (χ3n) is 6.70. The molecule has 10 heteroatoms. The first kappa shape index (κ1) is 28.4. The van der Waals surface area contributed by atoms with Gasteiger partial charge in [0.2, 0.25) is 0 Å². The normalized spacial score (nSPS) is 14.4. The van der Waals surface area contributed by atoms with Crippen LogP contribution in [0.4, 0.5) is 5.69 Å². The topological polar surface area (TPSA) is 72.8 Å². The number of rotatable bonds is 7. The zero-order valence-electron chi connectivity index (χ0n) is 22.4. The first-order chi connectivity index (χ1) is 19.7. The molecule has 0 bridgehead atoms. The van der Waals surface area contributed by atoms with Gasteiger partial charge in [0.1, 0.15) is 23.7 Å². The molecule has 1 fully saturated rings. The number of ether oxygens (including phenoxy) is 2. The molecule has 1 aliphatic rings. The van der Waals surface area contributed by atoms with Crippen molar-refractivity contribution in [2.75, 3.05) is 12.0 Å². The molecular weight excluding hydrogens is 581 g/mol. The summed E-state index contributed by atoms with van der Waals surface area (Å²) in [6.45, 7) is 4.20. The highest BCUT2D eigenvalue weighted by Crippen LogP contribution is 2.32. The summed E-state index contributed by atoms with van der Waals surface area (Å²) in [5.41, 5.74) is 4.66. The van der Waals surface area contributed by atoms with Gasteiger partial charge in [0.15, 0.2) is 5.11 Å². The predicted molar refractivity (Wildman–Crippen MR) is 165 cm³/mol. The van der Waals surface area contributed by atoms with E-state index in [1.165, 1.54) is 12.0 Å². The van der Waals surface area contributed by atoms with Crippen LogP contribution in [0, 0.1) is 13.8 Å². The van der Waals surface area contributed by atoms with E-state index >= 15 is 0 Å². The standard InChI is InChI=1S/C31H25Cl2N3O4S/c1-18-14-21(15-25-29(37)34-31(41)36(30(25)38)27-6-4-5-7-28(27)39-3)19(2)35(18)23-10-12-24(13-11-23)40-17-20-8-9-22(32)16-26(20)33/h4-16H,17H2,1-3H3,(H,34,37,41)/b25-15+. The second-order valence-electron chi connectivity index (χ2n) is 9.31. The minimum atomic E-state index is -0.557.